The monoisotopic (exact) mass is 561 g/mol. The van der Waals surface area contributed by atoms with Crippen LogP contribution in [0.3, 0.4) is 0 Å². The number of thiazole rings is 1. The van der Waals surface area contributed by atoms with Crippen LogP contribution in [0.5, 0.6) is 0 Å². The third kappa shape index (κ3) is 10.0. The lowest BCUT2D eigenvalue weighted by Crippen LogP contribution is -2.41. The summed E-state index contributed by atoms with van der Waals surface area (Å²) >= 11 is 3.60. The number of aromatic nitrogens is 1. The first-order chi connectivity index (χ1) is 16.7. The summed E-state index contributed by atoms with van der Waals surface area (Å²) in [5.41, 5.74) is 2.08. The average Bonchev–Trinajstić information content (AvgIpc) is 3.54. The van der Waals surface area contributed by atoms with Crippen LogP contribution in [0.2, 0.25) is 0 Å². The van der Waals surface area contributed by atoms with Crippen LogP contribution in [0, 0.1) is 5.41 Å². The second-order valence-electron chi connectivity index (χ2n) is 8.40. The number of piperidine rings is 1. The Morgan fingerprint density at radius 1 is 0.917 bits per heavy atom. The first-order valence-corrected chi connectivity index (χ1v) is 12.5. The molecule has 0 aliphatic carbocycles. The minimum Gasteiger partial charge on any atom is -0.475 e. The number of thiophene rings is 1. The molecular weight excluding hydrogens is 536 g/mol. The van der Waals surface area contributed by atoms with Gasteiger partial charge in [0.2, 0.25) is 0 Å². The van der Waals surface area contributed by atoms with Gasteiger partial charge < -0.3 is 10.2 Å². The summed E-state index contributed by atoms with van der Waals surface area (Å²) in [6.07, 6.45) is -4.13. The second-order valence-corrected chi connectivity index (χ2v) is 10.2. The molecule has 36 heavy (non-hydrogen) atoms. The van der Waals surface area contributed by atoms with Crippen LogP contribution in [0.15, 0.2) is 28.4 Å². The molecule has 2 saturated heterocycles. The van der Waals surface area contributed by atoms with E-state index in [-0.39, 0.29) is 0 Å². The van der Waals surface area contributed by atoms with Crippen molar-refractivity contribution in [3.63, 3.8) is 0 Å². The molecule has 7 nitrogen and oxygen atoms in total. The summed E-state index contributed by atoms with van der Waals surface area (Å²) in [4.78, 5) is 27.5. The Kier molecular flexibility index (Phi) is 10.7. The van der Waals surface area contributed by atoms with Crippen molar-refractivity contribution in [1.82, 2.24) is 14.8 Å². The van der Waals surface area contributed by atoms with Crippen LogP contribution in [0.25, 0.3) is 0 Å². The minimum absolute atomic E-state index is 0.593. The zero-order chi connectivity index (χ0) is 27.0. The third-order valence-corrected chi connectivity index (χ3v) is 7.24. The molecule has 2 aromatic rings. The molecule has 0 atom stereocenters. The molecule has 4 rings (SSSR count). The standard InChI is InChI=1S/C17H23N3S2.2C2HF3O2/c1-9-21-13-15(1)11-20-8-4-17(14-20)2-6-19(7-3-17)12-16-18-5-10-22-16;2*3-2(4,5)1(6)7/h1,5,9-10,13H,2-4,6-8,11-12,14H2;2*(H,6,7). The number of alkyl halides is 6. The van der Waals surface area contributed by atoms with Gasteiger partial charge in [-0.3, -0.25) is 9.80 Å². The molecule has 2 aromatic heterocycles. The Hall–Kier alpha value is -2.23. The number of aliphatic carboxylic acids is 2. The average molecular weight is 562 g/mol. The Bertz CT molecular complexity index is 920. The van der Waals surface area contributed by atoms with E-state index in [0.717, 1.165) is 13.1 Å². The summed E-state index contributed by atoms with van der Waals surface area (Å²) in [6, 6.07) is 2.27. The van der Waals surface area contributed by atoms with E-state index < -0.39 is 24.3 Å². The SMILES string of the molecule is O=C(O)C(F)(F)F.O=C(O)C(F)(F)F.c1csc(CN2CCC3(CC2)CCN(Cc2ccsc2)C3)n1. The maximum absolute atomic E-state index is 10.6. The van der Waals surface area contributed by atoms with Crippen molar-refractivity contribution in [2.45, 2.75) is 44.7 Å². The van der Waals surface area contributed by atoms with Crippen LogP contribution in [0.1, 0.15) is 29.8 Å². The zero-order valence-corrected chi connectivity index (χ0v) is 20.5. The molecular formula is C21H25F6N3O4S2. The van der Waals surface area contributed by atoms with Gasteiger partial charge in [-0.15, -0.1) is 11.3 Å². The van der Waals surface area contributed by atoms with E-state index >= 15 is 0 Å². The maximum atomic E-state index is 10.6. The summed E-state index contributed by atoms with van der Waals surface area (Å²) < 4.78 is 63.5. The van der Waals surface area contributed by atoms with E-state index in [0.29, 0.717) is 5.41 Å². The Balaban J connectivity index is 0.000000271. The molecule has 202 valence electrons. The molecule has 0 unspecified atom stereocenters. The molecule has 0 bridgehead atoms. The normalized spacial score (nSPS) is 18.2. The predicted octanol–water partition coefficient (Wildman–Crippen LogP) is 4.96. The van der Waals surface area contributed by atoms with Crippen LogP contribution >= 0.6 is 22.7 Å². The highest BCUT2D eigenvalue weighted by Gasteiger charge is 2.40. The summed E-state index contributed by atoms with van der Waals surface area (Å²) in [5.74, 6) is -5.51. The molecule has 0 radical (unpaired) electrons. The van der Waals surface area contributed by atoms with Crippen molar-refractivity contribution in [3.05, 3.63) is 39.0 Å². The number of carbonyl (C=O) groups is 2. The molecule has 15 heteroatoms. The van der Waals surface area contributed by atoms with Gasteiger partial charge >= 0.3 is 24.3 Å². The van der Waals surface area contributed by atoms with Crippen molar-refractivity contribution in [2.75, 3.05) is 26.2 Å². The summed E-state index contributed by atoms with van der Waals surface area (Å²) in [6.45, 7) is 7.26. The maximum Gasteiger partial charge on any atom is 0.490 e. The van der Waals surface area contributed by atoms with Crippen LogP contribution in [-0.2, 0) is 22.7 Å². The van der Waals surface area contributed by atoms with E-state index in [4.69, 9.17) is 19.8 Å². The van der Waals surface area contributed by atoms with E-state index in [1.807, 2.05) is 17.5 Å². The molecule has 2 aliphatic heterocycles. The van der Waals surface area contributed by atoms with Gasteiger partial charge in [-0.05, 0) is 66.7 Å². The van der Waals surface area contributed by atoms with Gasteiger partial charge in [0.05, 0.1) is 6.54 Å². The number of likely N-dealkylation sites (tertiary alicyclic amines) is 2. The van der Waals surface area contributed by atoms with Gasteiger partial charge in [0, 0.05) is 24.7 Å². The van der Waals surface area contributed by atoms with Gasteiger partial charge in [0.25, 0.3) is 0 Å². The lowest BCUT2D eigenvalue weighted by Gasteiger charge is -2.39. The third-order valence-electron chi connectivity index (χ3n) is 5.75. The quantitative estimate of drug-likeness (QED) is 0.510. The van der Waals surface area contributed by atoms with Gasteiger partial charge in [-0.2, -0.15) is 37.7 Å². The Labute approximate surface area is 211 Å². The number of carboxylic acid groups (broad SMARTS) is 2. The molecule has 2 aliphatic rings. The predicted molar refractivity (Wildman–Crippen MR) is 121 cm³/mol. The van der Waals surface area contributed by atoms with Gasteiger partial charge in [-0.1, -0.05) is 0 Å². The van der Waals surface area contributed by atoms with E-state index in [9.17, 15) is 26.3 Å². The topological polar surface area (TPSA) is 94.0 Å². The van der Waals surface area contributed by atoms with Crippen molar-refractivity contribution < 1.29 is 46.1 Å². The van der Waals surface area contributed by atoms with E-state index in [2.05, 4.69) is 37.0 Å². The number of halogens is 6. The Morgan fingerprint density at radius 2 is 1.44 bits per heavy atom. The zero-order valence-electron chi connectivity index (χ0n) is 18.9. The molecule has 2 fully saturated rings. The molecule has 4 heterocycles. The molecule has 0 saturated carbocycles. The number of hydrogen-bond donors (Lipinski definition) is 2. The Morgan fingerprint density at radius 3 is 1.86 bits per heavy atom. The second kappa shape index (κ2) is 12.8. The summed E-state index contributed by atoms with van der Waals surface area (Å²) in [7, 11) is 0. The molecule has 1 spiro atoms. The van der Waals surface area contributed by atoms with Crippen molar-refractivity contribution >= 4 is 34.6 Å². The molecule has 0 aromatic carbocycles. The van der Waals surface area contributed by atoms with Gasteiger partial charge in [-0.25, -0.2) is 14.6 Å². The van der Waals surface area contributed by atoms with Gasteiger partial charge in [0.15, 0.2) is 0 Å². The molecule has 0 amide bonds. The number of nitrogens with zero attached hydrogens (tertiary/aromatic N) is 3. The first-order valence-electron chi connectivity index (χ1n) is 10.6. The molecule has 2 N–H and O–H groups in total. The first kappa shape index (κ1) is 30.0. The number of carboxylic acids is 2. The van der Waals surface area contributed by atoms with Crippen molar-refractivity contribution in [1.29, 1.82) is 0 Å². The fraction of sp³-hybridized carbons (Fsp3) is 0.571. The fourth-order valence-corrected chi connectivity index (χ4v) is 5.24. The highest BCUT2D eigenvalue weighted by molar-refractivity contribution is 7.09. The highest BCUT2D eigenvalue weighted by Crippen LogP contribution is 2.41. The van der Waals surface area contributed by atoms with Crippen molar-refractivity contribution in [2.24, 2.45) is 5.41 Å². The van der Waals surface area contributed by atoms with Crippen LogP contribution in [-0.4, -0.2) is 75.5 Å². The number of rotatable bonds is 4. The van der Waals surface area contributed by atoms with Crippen molar-refractivity contribution in [3.8, 4) is 0 Å². The smallest absolute Gasteiger partial charge is 0.475 e. The highest BCUT2D eigenvalue weighted by atomic mass is 32.1. The van der Waals surface area contributed by atoms with Crippen LogP contribution in [0.4, 0.5) is 26.3 Å². The van der Waals surface area contributed by atoms with Crippen LogP contribution < -0.4 is 0 Å². The lowest BCUT2D eigenvalue weighted by molar-refractivity contribution is -0.193. The van der Waals surface area contributed by atoms with E-state index in [1.54, 1.807) is 11.3 Å². The summed E-state index contributed by atoms with van der Waals surface area (Å²) in [5, 5.41) is 22.1. The van der Waals surface area contributed by atoms with Gasteiger partial charge in [0.1, 0.15) is 5.01 Å². The largest absolute Gasteiger partial charge is 0.490 e. The van der Waals surface area contributed by atoms with E-state index in [1.165, 1.54) is 56.0 Å². The fourth-order valence-electron chi connectivity index (χ4n) is 3.92. The lowest BCUT2D eigenvalue weighted by atomic mass is 9.78. The number of hydrogen-bond acceptors (Lipinski definition) is 7. The minimum atomic E-state index is -5.08.